The van der Waals surface area contributed by atoms with E-state index in [1.807, 2.05) is 48.2 Å². The summed E-state index contributed by atoms with van der Waals surface area (Å²) in [5.41, 5.74) is 2.61. The van der Waals surface area contributed by atoms with E-state index in [2.05, 4.69) is 21.2 Å². The number of carboxylic acid groups (broad SMARTS) is 1. The van der Waals surface area contributed by atoms with Crippen LogP contribution >= 0.6 is 27.5 Å². The normalized spacial score (nSPS) is 16.7. The van der Waals surface area contributed by atoms with Gasteiger partial charge in [0.15, 0.2) is 0 Å². The summed E-state index contributed by atoms with van der Waals surface area (Å²) < 4.78 is 15.0. The van der Waals surface area contributed by atoms with Crippen molar-refractivity contribution in [1.29, 1.82) is 0 Å². The highest BCUT2D eigenvalue weighted by atomic mass is 79.9. The van der Waals surface area contributed by atoms with E-state index in [0.29, 0.717) is 52.3 Å². The highest BCUT2D eigenvalue weighted by molar-refractivity contribution is 9.10. The van der Waals surface area contributed by atoms with E-state index in [1.54, 1.807) is 6.07 Å². The zero-order valence-electron chi connectivity index (χ0n) is 19.9. The number of halogens is 3. The Morgan fingerprint density at radius 2 is 2.08 bits per heavy atom. The number of rotatable bonds is 8. The van der Waals surface area contributed by atoms with E-state index < -0.39 is 12.1 Å². The molecule has 0 aliphatic carbocycles. The smallest absolute Gasteiger partial charge is 0.303 e. The molecule has 1 amide bonds. The van der Waals surface area contributed by atoms with E-state index in [4.69, 9.17) is 16.6 Å². The summed E-state index contributed by atoms with van der Waals surface area (Å²) in [4.78, 5) is 31.6. The molecular weight excluding hydrogens is 549 g/mol. The summed E-state index contributed by atoms with van der Waals surface area (Å²) in [5.74, 6) is -0.851. The lowest BCUT2D eigenvalue weighted by Crippen LogP contribution is -2.38. The van der Waals surface area contributed by atoms with Gasteiger partial charge in [0.1, 0.15) is 12.0 Å². The van der Waals surface area contributed by atoms with Crippen LogP contribution < -0.4 is 10.2 Å². The van der Waals surface area contributed by atoms with Crippen molar-refractivity contribution in [1.82, 2.24) is 10.3 Å². The van der Waals surface area contributed by atoms with Gasteiger partial charge in [-0.25, -0.2) is 9.37 Å². The minimum atomic E-state index is -0.927. The lowest BCUT2D eigenvalue weighted by Gasteiger charge is -2.32. The van der Waals surface area contributed by atoms with Crippen LogP contribution in [0.3, 0.4) is 0 Å². The van der Waals surface area contributed by atoms with Gasteiger partial charge in [-0.15, -0.1) is 0 Å². The van der Waals surface area contributed by atoms with E-state index in [-0.39, 0.29) is 31.3 Å². The van der Waals surface area contributed by atoms with Crippen molar-refractivity contribution in [3.8, 4) is 0 Å². The fraction of sp³-hybridized carbons (Fsp3) is 0.370. The summed E-state index contributed by atoms with van der Waals surface area (Å²) in [6.45, 7) is 3.00. The Bertz CT molecular complexity index is 1290. The molecular formula is C27H28BrClFN3O3. The molecule has 6 nitrogen and oxygen atoms in total. The molecule has 2 atom stereocenters. The Balaban J connectivity index is 1.68. The average molecular weight is 577 g/mol. The van der Waals surface area contributed by atoms with Gasteiger partial charge in [0.2, 0.25) is 0 Å². The highest BCUT2D eigenvalue weighted by Crippen LogP contribution is 2.33. The number of nitrogens with zero attached hydrogens (tertiary/aromatic N) is 2. The minimum absolute atomic E-state index is 0.0422. The van der Waals surface area contributed by atoms with Gasteiger partial charge < -0.3 is 15.3 Å². The average Bonchev–Trinajstić information content (AvgIpc) is 2.84. The maximum atomic E-state index is 14.2. The topological polar surface area (TPSA) is 82.5 Å². The summed E-state index contributed by atoms with van der Waals surface area (Å²) in [7, 11) is 0. The van der Waals surface area contributed by atoms with Crippen LogP contribution in [0.5, 0.6) is 0 Å². The van der Waals surface area contributed by atoms with Gasteiger partial charge in [-0.2, -0.15) is 0 Å². The zero-order chi connectivity index (χ0) is 25.8. The van der Waals surface area contributed by atoms with Crippen LogP contribution in [-0.2, 0) is 4.79 Å². The fourth-order valence-corrected chi connectivity index (χ4v) is 5.46. The van der Waals surface area contributed by atoms with Crippen LogP contribution in [0.1, 0.15) is 53.1 Å². The molecule has 190 valence electrons. The third kappa shape index (κ3) is 5.98. The molecule has 1 aliphatic rings. The Hall–Kier alpha value is -2.71. The Kier molecular flexibility index (Phi) is 8.46. The van der Waals surface area contributed by atoms with Crippen molar-refractivity contribution in [2.24, 2.45) is 0 Å². The summed E-state index contributed by atoms with van der Waals surface area (Å²) in [6, 6.07) is 12.8. The number of alkyl halides is 1. The number of aliphatic carboxylic acids is 1. The first-order valence-electron chi connectivity index (χ1n) is 12.0. The summed E-state index contributed by atoms with van der Waals surface area (Å²) in [5, 5.41) is 13.5. The molecule has 2 aromatic carbocycles. The van der Waals surface area contributed by atoms with Crippen molar-refractivity contribution in [2.75, 3.05) is 24.5 Å². The molecule has 0 spiro atoms. The number of benzene rings is 2. The molecule has 0 saturated carbocycles. The monoisotopic (exact) mass is 575 g/mol. The number of nitrogens with one attached hydrogen (secondary N) is 1. The number of anilines is 1. The SMILES string of the molecule is Cc1c(N2CCC[C@H](F)C2)nc2ccc(Br)cc2c1C(=O)NC[C@H](CCC(=O)O)c1ccccc1Cl. The number of piperidine rings is 1. The van der Waals surface area contributed by atoms with Gasteiger partial charge in [0.05, 0.1) is 17.6 Å². The van der Waals surface area contributed by atoms with Gasteiger partial charge in [-0.05, 0) is 56.0 Å². The predicted molar refractivity (Wildman–Crippen MR) is 144 cm³/mol. The van der Waals surface area contributed by atoms with Crippen molar-refractivity contribution in [2.45, 2.75) is 44.7 Å². The summed E-state index contributed by atoms with van der Waals surface area (Å²) in [6.07, 6.45) is 0.620. The number of pyridine rings is 1. The molecule has 1 saturated heterocycles. The molecule has 1 aliphatic heterocycles. The maximum absolute atomic E-state index is 14.2. The quantitative estimate of drug-likeness (QED) is 0.330. The van der Waals surface area contributed by atoms with Gasteiger partial charge in [0, 0.05) is 45.9 Å². The summed E-state index contributed by atoms with van der Waals surface area (Å²) >= 11 is 9.88. The van der Waals surface area contributed by atoms with Crippen molar-refractivity contribution in [3.63, 3.8) is 0 Å². The van der Waals surface area contributed by atoms with Gasteiger partial charge in [0.25, 0.3) is 5.91 Å². The highest BCUT2D eigenvalue weighted by Gasteiger charge is 2.26. The number of carboxylic acids is 1. The lowest BCUT2D eigenvalue weighted by molar-refractivity contribution is -0.137. The standard InChI is InChI=1S/C27H28BrClFN3O3/c1-16-25(27(36)31-14-17(8-11-24(34)35)20-6-2-3-7-22(20)29)21-13-18(28)9-10-23(21)32-26(16)33-12-4-5-19(30)15-33/h2-3,6-7,9-10,13,17,19H,4-5,8,11-12,14-15H2,1H3,(H,31,36)(H,34,35)/t17-,19-/m0/s1. The van der Waals surface area contributed by atoms with E-state index >= 15 is 0 Å². The Labute approximate surface area is 223 Å². The van der Waals surface area contributed by atoms with Crippen LogP contribution in [-0.4, -0.2) is 47.8 Å². The predicted octanol–water partition coefficient (Wildman–Crippen LogP) is 6.28. The van der Waals surface area contributed by atoms with E-state index in [0.717, 1.165) is 16.5 Å². The molecule has 0 radical (unpaired) electrons. The third-order valence-electron chi connectivity index (χ3n) is 6.62. The molecule has 1 aromatic heterocycles. The molecule has 3 aromatic rings. The molecule has 0 unspecified atom stereocenters. The van der Waals surface area contributed by atoms with Crippen molar-refractivity contribution >= 4 is 56.1 Å². The zero-order valence-corrected chi connectivity index (χ0v) is 22.3. The molecule has 1 fully saturated rings. The van der Waals surface area contributed by atoms with Crippen LogP contribution in [0.25, 0.3) is 10.9 Å². The van der Waals surface area contributed by atoms with Gasteiger partial charge >= 0.3 is 5.97 Å². The first-order valence-corrected chi connectivity index (χ1v) is 13.1. The second-order valence-corrected chi connectivity index (χ2v) is 10.5. The number of carbonyl (C=O) groups is 2. The second kappa shape index (κ2) is 11.6. The van der Waals surface area contributed by atoms with E-state index in [1.165, 1.54) is 0 Å². The fourth-order valence-electron chi connectivity index (χ4n) is 4.81. The van der Waals surface area contributed by atoms with Crippen molar-refractivity contribution < 1.29 is 19.1 Å². The number of hydrogen-bond donors (Lipinski definition) is 2. The van der Waals surface area contributed by atoms with Crippen LogP contribution in [0.2, 0.25) is 5.02 Å². The lowest BCUT2D eigenvalue weighted by atomic mass is 9.93. The number of aromatic nitrogens is 1. The van der Waals surface area contributed by atoms with E-state index in [9.17, 15) is 19.1 Å². The number of hydrogen-bond acceptors (Lipinski definition) is 4. The Morgan fingerprint density at radius 1 is 1.31 bits per heavy atom. The number of fused-ring (bicyclic) bond motifs is 1. The second-order valence-electron chi connectivity index (χ2n) is 9.14. The van der Waals surface area contributed by atoms with Crippen LogP contribution in [0.4, 0.5) is 10.2 Å². The van der Waals surface area contributed by atoms with Crippen LogP contribution in [0.15, 0.2) is 46.9 Å². The van der Waals surface area contributed by atoms with Gasteiger partial charge in [-0.3, -0.25) is 9.59 Å². The molecule has 2 heterocycles. The first-order chi connectivity index (χ1) is 17.2. The third-order valence-corrected chi connectivity index (χ3v) is 7.45. The molecule has 4 rings (SSSR count). The minimum Gasteiger partial charge on any atom is -0.481 e. The van der Waals surface area contributed by atoms with Gasteiger partial charge in [-0.1, -0.05) is 45.7 Å². The van der Waals surface area contributed by atoms with Crippen LogP contribution in [0, 0.1) is 6.92 Å². The molecule has 2 N–H and O–H groups in total. The molecule has 36 heavy (non-hydrogen) atoms. The number of carbonyl (C=O) groups excluding carboxylic acids is 1. The first kappa shape index (κ1) is 26.4. The molecule has 0 bridgehead atoms. The number of amides is 1. The van der Waals surface area contributed by atoms with Crippen molar-refractivity contribution in [3.05, 3.63) is 68.7 Å². The largest absolute Gasteiger partial charge is 0.481 e. The molecule has 9 heteroatoms. The maximum Gasteiger partial charge on any atom is 0.303 e. The Morgan fingerprint density at radius 3 is 2.81 bits per heavy atom.